The standard InChI is InChI=1S/C20H17N3O5/c24-10-16(23-19(25)13-3-6-17-18(9-13)28-11-27-17)20(26)22-14-4-5-15-12(8-14)2-1-7-21-15/h1-9,16,24H,10-11H2,(H,22,26)(H,23,25)/t16-/m0/s1. The molecule has 8 nitrogen and oxygen atoms in total. The minimum Gasteiger partial charge on any atom is -0.454 e. The lowest BCUT2D eigenvalue weighted by molar-refractivity contribution is -0.118. The van der Waals surface area contributed by atoms with Crippen LogP contribution in [0.5, 0.6) is 11.5 Å². The maximum absolute atomic E-state index is 12.5. The van der Waals surface area contributed by atoms with Gasteiger partial charge in [0.15, 0.2) is 11.5 Å². The largest absolute Gasteiger partial charge is 0.454 e. The Kier molecular flexibility index (Phi) is 4.77. The summed E-state index contributed by atoms with van der Waals surface area (Å²) in [5, 5.41) is 15.7. The Hall–Kier alpha value is -3.65. The van der Waals surface area contributed by atoms with Crippen LogP contribution in [0.1, 0.15) is 10.4 Å². The fraction of sp³-hybridized carbons (Fsp3) is 0.150. The monoisotopic (exact) mass is 379 g/mol. The summed E-state index contributed by atoms with van der Waals surface area (Å²) in [6, 6.07) is 12.5. The fourth-order valence-electron chi connectivity index (χ4n) is 2.86. The van der Waals surface area contributed by atoms with Gasteiger partial charge in [-0.2, -0.15) is 0 Å². The number of aliphatic hydroxyl groups is 1. The molecule has 3 aromatic rings. The van der Waals surface area contributed by atoms with E-state index >= 15 is 0 Å². The highest BCUT2D eigenvalue weighted by Crippen LogP contribution is 2.32. The third-order valence-electron chi connectivity index (χ3n) is 4.31. The van der Waals surface area contributed by atoms with Crippen LogP contribution in [0.25, 0.3) is 10.9 Å². The zero-order chi connectivity index (χ0) is 19.5. The molecular weight excluding hydrogens is 362 g/mol. The van der Waals surface area contributed by atoms with Gasteiger partial charge in [-0.1, -0.05) is 6.07 Å². The van der Waals surface area contributed by atoms with E-state index in [9.17, 15) is 14.7 Å². The highest BCUT2D eigenvalue weighted by molar-refractivity contribution is 6.02. The molecule has 0 radical (unpaired) electrons. The van der Waals surface area contributed by atoms with Crippen molar-refractivity contribution in [3.8, 4) is 11.5 Å². The van der Waals surface area contributed by atoms with E-state index in [4.69, 9.17) is 9.47 Å². The van der Waals surface area contributed by atoms with Crippen molar-refractivity contribution in [2.75, 3.05) is 18.7 Å². The smallest absolute Gasteiger partial charge is 0.252 e. The van der Waals surface area contributed by atoms with Crippen molar-refractivity contribution in [1.82, 2.24) is 10.3 Å². The molecule has 2 heterocycles. The van der Waals surface area contributed by atoms with Gasteiger partial charge in [0.25, 0.3) is 5.91 Å². The number of aromatic nitrogens is 1. The van der Waals surface area contributed by atoms with Crippen LogP contribution in [-0.2, 0) is 4.79 Å². The molecule has 142 valence electrons. The van der Waals surface area contributed by atoms with Gasteiger partial charge in [-0.25, -0.2) is 0 Å². The summed E-state index contributed by atoms with van der Waals surface area (Å²) in [6.45, 7) is -0.444. The Morgan fingerprint density at radius 2 is 1.96 bits per heavy atom. The van der Waals surface area contributed by atoms with Crippen molar-refractivity contribution >= 4 is 28.4 Å². The van der Waals surface area contributed by atoms with Crippen molar-refractivity contribution in [2.24, 2.45) is 0 Å². The minimum atomic E-state index is -1.11. The topological polar surface area (TPSA) is 110 Å². The van der Waals surface area contributed by atoms with E-state index in [2.05, 4.69) is 15.6 Å². The third kappa shape index (κ3) is 3.58. The van der Waals surface area contributed by atoms with E-state index < -0.39 is 24.5 Å². The van der Waals surface area contributed by atoms with Gasteiger partial charge >= 0.3 is 0 Å². The first-order valence-corrected chi connectivity index (χ1v) is 8.61. The van der Waals surface area contributed by atoms with E-state index in [1.807, 2.05) is 6.07 Å². The lowest BCUT2D eigenvalue weighted by Gasteiger charge is -2.16. The molecule has 0 spiro atoms. The van der Waals surface area contributed by atoms with E-state index in [1.165, 1.54) is 6.07 Å². The SMILES string of the molecule is O=C(N[C@@H](CO)C(=O)Nc1ccc2ncccc2c1)c1ccc2c(c1)OCO2. The normalized spacial score (nSPS) is 13.2. The van der Waals surface area contributed by atoms with Crippen LogP contribution in [0.15, 0.2) is 54.7 Å². The highest BCUT2D eigenvalue weighted by atomic mass is 16.7. The van der Waals surface area contributed by atoms with Crippen molar-refractivity contribution < 1.29 is 24.2 Å². The summed E-state index contributed by atoms with van der Waals surface area (Å²) in [5.41, 5.74) is 1.64. The van der Waals surface area contributed by atoms with Crippen LogP contribution in [0.2, 0.25) is 0 Å². The average molecular weight is 379 g/mol. The number of aliphatic hydroxyl groups excluding tert-OH is 1. The Balaban J connectivity index is 1.45. The molecule has 2 aromatic carbocycles. The number of pyridine rings is 1. The first-order valence-electron chi connectivity index (χ1n) is 8.61. The molecule has 1 atom stereocenters. The molecular formula is C20H17N3O5. The second kappa shape index (κ2) is 7.53. The maximum Gasteiger partial charge on any atom is 0.252 e. The molecule has 0 fully saturated rings. The van der Waals surface area contributed by atoms with Crippen molar-refractivity contribution in [1.29, 1.82) is 0 Å². The minimum absolute atomic E-state index is 0.101. The average Bonchev–Trinajstić information content (AvgIpc) is 3.19. The second-order valence-electron chi connectivity index (χ2n) is 6.18. The number of hydrogen-bond acceptors (Lipinski definition) is 6. The fourth-order valence-corrected chi connectivity index (χ4v) is 2.86. The molecule has 4 rings (SSSR count). The first-order chi connectivity index (χ1) is 13.6. The highest BCUT2D eigenvalue weighted by Gasteiger charge is 2.22. The van der Waals surface area contributed by atoms with Crippen molar-refractivity contribution in [2.45, 2.75) is 6.04 Å². The zero-order valence-electron chi connectivity index (χ0n) is 14.7. The number of anilines is 1. The lowest BCUT2D eigenvalue weighted by Crippen LogP contribution is -2.46. The van der Waals surface area contributed by atoms with E-state index in [-0.39, 0.29) is 6.79 Å². The number of rotatable bonds is 5. The number of hydrogen-bond donors (Lipinski definition) is 3. The molecule has 2 amide bonds. The number of nitrogens with zero attached hydrogens (tertiary/aromatic N) is 1. The molecule has 0 bridgehead atoms. The second-order valence-corrected chi connectivity index (χ2v) is 6.18. The first kappa shape index (κ1) is 17.7. The van der Waals surface area contributed by atoms with Crippen molar-refractivity contribution in [3.05, 3.63) is 60.3 Å². The maximum atomic E-state index is 12.5. The number of carbonyl (C=O) groups excluding carboxylic acids is 2. The summed E-state index contributed by atoms with van der Waals surface area (Å²) in [5.74, 6) is -0.0173. The van der Waals surface area contributed by atoms with Crippen LogP contribution >= 0.6 is 0 Å². The van der Waals surface area contributed by atoms with Crippen LogP contribution in [0, 0.1) is 0 Å². The molecule has 0 unspecified atom stereocenters. The predicted octanol–water partition coefficient (Wildman–Crippen LogP) is 1.69. The van der Waals surface area contributed by atoms with Crippen LogP contribution in [0.4, 0.5) is 5.69 Å². The molecule has 28 heavy (non-hydrogen) atoms. The Labute approximate surface area is 160 Å². The van der Waals surface area contributed by atoms with Crippen LogP contribution < -0.4 is 20.1 Å². The summed E-state index contributed by atoms with van der Waals surface area (Å²) in [7, 11) is 0. The Morgan fingerprint density at radius 1 is 1.11 bits per heavy atom. The Morgan fingerprint density at radius 3 is 2.82 bits per heavy atom. The number of fused-ring (bicyclic) bond motifs is 2. The molecule has 3 N–H and O–H groups in total. The van der Waals surface area contributed by atoms with Gasteiger partial charge in [-0.05, 0) is 42.5 Å². The van der Waals surface area contributed by atoms with Crippen LogP contribution in [0.3, 0.4) is 0 Å². The molecule has 1 aromatic heterocycles. The summed E-state index contributed by atoms with van der Waals surface area (Å²) >= 11 is 0. The summed E-state index contributed by atoms with van der Waals surface area (Å²) in [6.07, 6.45) is 1.69. The summed E-state index contributed by atoms with van der Waals surface area (Å²) in [4.78, 5) is 29.1. The van der Waals surface area contributed by atoms with Gasteiger partial charge in [-0.3, -0.25) is 14.6 Å². The van der Waals surface area contributed by atoms with Gasteiger partial charge in [0.1, 0.15) is 6.04 Å². The molecule has 0 saturated carbocycles. The summed E-state index contributed by atoms with van der Waals surface area (Å²) < 4.78 is 10.5. The van der Waals surface area contributed by atoms with Gasteiger partial charge in [0.2, 0.25) is 12.7 Å². The number of ether oxygens (including phenoxy) is 2. The van der Waals surface area contributed by atoms with E-state index in [0.717, 1.165) is 10.9 Å². The van der Waals surface area contributed by atoms with Gasteiger partial charge in [0, 0.05) is 22.8 Å². The van der Waals surface area contributed by atoms with Crippen LogP contribution in [-0.4, -0.2) is 41.3 Å². The number of amides is 2. The number of nitrogens with one attached hydrogen (secondary N) is 2. The third-order valence-corrected chi connectivity index (χ3v) is 4.31. The lowest BCUT2D eigenvalue weighted by atomic mass is 10.1. The number of carbonyl (C=O) groups is 2. The molecule has 1 aliphatic heterocycles. The van der Waals surface area contributed by atoms with Gasteiger partial charge in [0.05, 0.1) is 12.1 Å². The molecule has 0 saturated heterocycles. The molecule has 1 aliphatic rings. The molecule has 8 heteroatoms. The Bertz CT molecular complexity index is 1050. The van der Waals surface area contributed by atoms with E-state index in [0.29, 0.717) is 22.7 Å². The quantitative estimate of drug-likeness (QED) is 0.622. The molecule has 0 aliphatic carbocycles. The van der Waals surface area contributed by atoms with E-state index in [1.54, 1.807) is 42.6 Å². The van der Waals surface area contributed by atoms with Gasteiger partial charge < -0.3 is 25.2 Å². The van der Waals surface area contributed by atoms with Gasteiger partial charge in [-0.15, -0.1) is 0 Å². The zero-order valence-corrected chi connectivity index (χ0v) is 14.7. The predicted molar refractivity (Wildman–Crippen MR) is 101 cm³/mol. The van der Waals surface area contributed by atoms with Crippen molar-refractivity contribution in [3.63, 3.8) is 0 Å². The number of benzene rings is 2.